The Labute approximate surface area is 120 Å². The zero-order chi connectivity index (χ0) is 14.8. The fraction of sp³-hybridized carbons (Fsp3) is 0.0625. The molecule has 0 saturated carbocycles. The predicted octanol–water partition coefficient (Wildman–Crippen LogP) is 3.60. The van der Waals surface area contributed by atoms with Crippen LogP contribution in [0.2, 0.25) is 0 Å². The molecular formula is C16H11FN2O2. The number of furan rings is 1. The van der Waals surface area contributed by atoms with Crippen molar-refractivity contribution in [2.45, 2.75) is 6.61 Å². The molecule has 0 bridgehead atoms. The quantitative estimate of drug-likeness (QED) is 0.745. The van der Waals surface area contributed by atoms with E-state index in [0.717, 1.165) is 0 Å². The van der Waals surface area contributed by atoms with Gasteiger partial charge in [-0.05, 0) is 24.3 Å². The summed E-state index contributed by atoms with van der Waals surface area (Å²) in [5, 5.41) is 9.77. The van der Waals surface area contributed by atoms with Crippen LogP contribution in [0.3, 0.4) is 0 Å². The number of para-hydroxylation sites is 1. The van der Waals surface area contributed by atoms with Gasteiger partial charge in [0.05, 0.1) is 5.39 Å². The second kappa shape index (κ2) is 5.17. The van der Waals surface area contributed by atoms with Crippen molar-refractivity contribution in [1.29, 1.82) is 5.26 Å². The smallest absolute Gasteiger partial charge is 0.246 e. The Hall–Kier alpha value is -3.00. The van der Waals surface area contributed by atoms with E-state index < -0.39 is 5.82 Å². The SMILES string of the molecule is N#Cc1oc2ccccc2c1OCc1c(N)cccc1F. The second-order valence-corrected chi connectivity index (χ2v) is 4.46. The Morgan fingerprint density at radius 2 is 2.00 bits per heavy atom. The van der Waals surface area contributed by atoms with Crippen molar-refractivity contribution in [3.05, 3.63) is 59.6 Å². The number of rotatable bonds is 3. The van der Waals surface area contributed by atoms with Gasteiger partial charge in [-0.3, -0.25) is 0 Å². The zero-order valence-electron chi connectivity index (χ0n) is 11.0. The van der Waals surface area contributed by atoms with Gasteiger partial charge in [0, 0.05) is 11.3 Å². The molecule has 0 aliphatic heterocycles. The normalized spacial score (nSPS) is 10.5. The van der Waals surface area contributed by atoms with Crippen LogP contribution in [0.15, 0.2) is 46.9 Å². The molecule has 1 aromatic heterocycles. The lowest BCUT2D eigenvalue weighted by Gasteiger charge is -2.08. The third-order valence-electron chi connectivity index (χ3n) is 3.17. The van der Waals surface area contributed by atoms with Gasteiger partial charge in [0.2, 0.25) is 5.76 Å². The Balaban J connectivity index is 1.97. The molecule has 3 aromatic rings. The highest BCUT2D eigenvalue weighted by atomic mass is 19.1. The largest absolute Gasteiger partial charge is 0.483 e. The number of hydrogen-bond acceptors (Lipinski definition) is 4. The maximum atomic E-state index is 13.7. The number of nitrogens with zero attached hydrogens (tertiary/aromatic N) is 1. The van der Waals surface area contributed by atoms with Gasteiger partial charge in [0.15, 0.2) is 5.75 Å². The lowest BCUT2D eigenvalue weighted by molar-refractivity contribution is 0.298. The van der Waals surface area contributed by atoms with E-state index in [1.54, 1.807) is 24.3 Å². The fourth-order valence-electron chi connectivity index (χ4n) is 2.11. The summed E-state index contributed by atoms with van der Waals surface area (Å²) in [4.78, 5) is 0. The third kappa shape index (κ3) is 2.28. The first-order valence-electron chi connectivity index (χ1n) is 6.28. The number of fused-ring (bicyclic) bond motifs is 1. The van der Waals surface area contributed by atoms with Crippen LogP contribution in [0.25, 0.3) is 11.0 Å². The molecule has 4 nitrogen and oxygen atoms in total. The number of ether oxygens (including phenoxy) is 1. The van der Waals surface area contributed by atoms with E-state index in [1.165, 1.54) is 12.1 Å². The van der Waals surface area contributed by atoms with E-state index in [4.69, 9.17) is 20.1 Å². The Morgan fingerprint density at radius 1 is 1.19 bits per heavy atom. The molecule has 0 radical (unpaired) electrons. The van der Waals surface area contributed by atoms with E-state index in [0.29, 0.717) is 22.4 Å². The van der Waals surface area contributed by atoms with E-state index in [-0.39, 0.29) is 17.9 Å². The van der Waals surface area contributed by atoms with Crippen molar-refractivity contribution in [3.63, 3.8) is 0 Å². The van der Waals surface area contributed by atoms with E-state index in [1.807, 2.05) is 12.1 Å². The molecule has 21 heavy (non-hydrogen) atoms. The second-order valence-electron chi connectivity index (χ2n) is 4.46. The van der Waals surface area contributed by atoms with Crippen LogP contribution < -0.4 is 10.5 Å². The van der Waals surface area contributed by atoms with Gasteiger partial charge in [-0.25, -0.2) is 4.39 Å². The molecular weight excluding hydrogens is 271 g/mol. The summed E-state index contributed by atoms with van der Waals surface area (Å²) in [7, 11) is 0. The van der Waals surface area contributed by atoms with E-state index >= 15 is 0 Å². The highest BCUT2D eigenvalue weighted by Gasteiger charge is 2.16. The molecule has 2 aromatic carbocycles. The van der Waals surface area contributed by atoms with Gasteiger partial charge in [0.25, 0.3) is 0 Å². The van der Waals surface area contributed by atoms with Crippen molar-refractivity contribution in [2.24, 2.45) is 0 Å². The predicted molar refractivity (Wildman–Crippen MR) is 76.1 cm³/mol. The molecule has 0 unspecified atom stereocenters. The van der Waals surface area contributed by atoms with Gasteiger partial charge < -0.3 is 14.9 Å². The maximum absolute atomic E-state index is 13.7. The summed E-state index contributed by atoms with van der Waals surface area (Å²) in [6, 6.07) is 13.5. The first kappa shape index (κ1) is 13.0. The molecule has 0 aliphatic rings. The van der Waals surface area contributed by atoms with Gasteiger partial charge in [-0.2, -0.15) is 5.26 Å². The summed E-state index contributed by atoms with van der Waals surface area (Å²) in [5.74, 6) is -0.0804. The highest BCUT2D eigenvalue weighted by Crippen LogP contribution is 2.33. The fourth-order valence-corrected chi connectivity index (χ4v) is 2.11. The summed E-state index contributed by atoms with van der Waals surface area (Å²) in [6.07, 6.45) is 0. The Kier molecular flexibility index (Phi) is 3.20. The topological polar surface area (TPSA) is 72.2 Å². The molecule has 3 rings (SSSR count). The average molecular weight is 282 g/mol. The van der Waals surface area contributed by atoms with Gasteiger partial charge >= 0.3 is 0 Å². The van der Waals surface area contributed by atoms with Crippen LogP contribution in [-0.2, 0) is 6.61 Å². The number of nitrogens with two attached hydrogens (primary N) is 1. The molecule has 0 atom stereocenters. The van der Waals surface area contributed by atoms with Gasteiger partial charge in [0.1, 0.15) is 24.1 Å². The average Bonchev–Trinajstić information content (AvgIpc) is 2.85. The summed E-state index contributed by atoms with van der Waals surface area (Å²) >= 11 is 0. The molecule has 1 heterocycles. The summed E-state index contributed by atoms with van der Waals surface area (Å²) < 4.78 is 24.7. The lowest BCUT2D eigenvalue weighted by Crippen LogP contribution is -2.03. The molecule has 2 N–H and O–H groups in total. The number of benzene rings is 2. The van der Waals surface area contributed by atoms with Crippen molar-refractivity contribution >= 4 is 16.7 Å². The number of hydrogen-bond donors (Lipinski definition) is 1. The lowest BCUT2D eigenvalue weighted by atomic mass is 10.2. The number of nitriles is 1. The minimum atomic E-state index is -0.443. The Bertz CT molecular complexity index is 829. The first-order chi connectivity index (χ1) is 10.2. The van der Waals surface area contributed by atoms with E-state index in [2.05, 4.69) is 0 Å². The number of halogens is 1. The molecule has 0 aliphatic carbocycles. The van der Waals surface area contributed by atoms with Crippen LogP contribution in [0.5, 0.6) is 5.75 Å². The third-order valence-corrected chi connectivity index (χ3v) is 3.17. The number of nitrogen functional groups attached to an aromatic ring is 1. The molecule has 0 saturated heterocycles. The minimum Gasteiger partial charge on any atom is -0.483 e. The number of anilines is 1. The highest BCUT2D eigenvalue weighted by molar-refractivity contribution is 5.86. The van der Waals surface area contributed by atoms with Crippen molar-refractivity contribution < 1.29 is 13.5 Å². The summed E-state index contributed by atoms with van der Waals surface area (Å²) in [6.45, 7) is -0.0727. The molecule has 5 heteroatoms. The van der Waals surface area contributed by atoms with Crippen LogP contribution in [-0.4, -0.2) is 0 Å². The first-order valence-corrected chi connectivity index (χ1v) is 6.28. The molecule has 0 amide bonds. The van der Waals surface area contributed by atoms with Crippen molar-refractivity contribution in [2.75, 3.05) is 5.73 Å². The van der Waals surface area contributed by atoms with Crippen LogP contribution in [0, 0.1) is 17.1 Å². The maximum Gasteiger partial charge on any atom is 0.246 e. The Morgan fingerprint density at radius 3 is 2.76 bits per heavy atom. The molecule has 0 fully saturated rings. The minimum absolute atomic E-state index is 0.0612. The van der Waals surface area contributed by atoms with Gasteiger partial charge in [-0.1, -0.05) is 18.2 Å². The van der Waals surface area contributed by atoms with Gasteiger partial charge in [-0.15, -0.1) is 0 Å². The van der Waals surface area contributed by atoms with Crippen molar-refractivity contribution in [3.8, 4) is 11.8 Å². The molecule has 0 spiro atoms. The standard InChI is InChI=1S/C16H11FN2O2/c17-12-5-3-6-13(19)11(12)9-20-16-10-4-1-2-7-14(10)21-15(16)8-18/h1-7H,9,19H2. The molecule has 104 valence electrons. The van der Waals surface area contributed by atoms with Crippen LogP contribution >= 0.6 is 0 Å². The summed E-state index contributed by atoms with van der Waals surface area (Å²) in [5.41, 5.74) is 6.85. The van der Waals surface area contributed by atoms with Crippen LogP contribution in [0.1, 0.15) is 11.3 Å². The monoisotopic (exact) mass is 282 g/mol. The van der Waals surface area contributed by atoms with Crippen LogP contribution in [0.4, 0.5) is 10.1 Å². The zero-order valence-corrected chi connectivity index (χ0v) is 11.0. The van der Waals surface area contributed by atoms with E-state index in [9.17, 15) is 4.39 Å². The van der Waals surface area contributed by atoms with Crippen molar-refractivity contribution in [1.82, 2.24) is 0 Å².